The van der Waals surface area contributed by atoms with Crippen LogP contribution in [0.15, 0.2) is 0 Å². The smallest absolute Gasteiger partial charge is 0.229 e. The van der Waals surface area contributed by atoms with Crippen molar-refractivity contribution in [3.05, 3.63) is 0 Å². The van der Waals surface area contributed by atoms with E-state index in [0.717, 1.165) is 45.4 Å². The molecule has 2 heterocycles. The first-order valence-electron chi connectivity index (χ1n) is 7.72. The molecule has 2 rings (SSSR count). The van der Waals surface area contributed by atoms with Crippen molar-refractivity contribution in [2.75, 3.05) is 46.8 Å². The highest BCUT2D eigenvalue weighted by Gasteiger charge is 2.40. The monoisotopic (exact) mass is 267 g/mol. The molecule has 4 nitrogen and oxygen atoms in total. The second-order valence-electron chi connectivity index (χ2n) is 6.52. The first kappa shape index (κ1) is 14.8. The zero-order chi connectivity index (χ0) is 13.9. The maximum atomic E-state index is 12.8. The van der Waals surface area contributed by atoms with Gasteiger partial charge >= 0.3 is 0 Å². The van der Waals surface area contributed by atoms with Crippen LogP contribution in [0, 0.1) is 11.3 Å². The molecule has 19 heavy (non-hydrogen) atoms. The Morgan fingerprint density at radius 3 is 2.84 bits per heavy atom. The number of hydrogen-bond donors (Lipinski definition) is 1. The van der Waals surface area contributed by atoms with E-state index in [2.05, 4.69) is 24.2 Å². The summed E-state index contributed by atoms with van der Waals surface area (Å²) in [4.78, 5) is 17.2. The topological polar surface area (TPSA) is 35.6 Å². The average Bonchev–Trinajstić information content (AvgIpc) is 2.84. The van der Waals surface area contributed by atoms with Gasteiger partial charge in [-0.05, 0) is 51.7 Å². The number of amides is 1. The molecule has 0 saturated carbocycles. The van der Waals surface area contributed by atoms with Gasteiger partial charge in [0.2, 0.25) is 5.91 Å². The Labute approximate surface area is 117 Å². The van der Waals surface area contributed by atoms with Gasteiger partial charge in [-0.2, -0.15) is 0 Å². The third-order valence-corrected chi connectivity index (χ3v) is 4.97. The highest BCUT2D eigenvalue weighted by Crippen LogP contribution is 2.32. The van der Waals surface area contributed by atoms with Crippen LogP contribution in [0.25, 0.3) is 0 Å². The van der Waals surface area contributed by atoms with Crippen molar-refractivity contribution in [2.24, 2.45) is 11.3 Å². The number of carbonyl (C=O) groups is 1. The van der Waals surface area contributed by atoms with Gasteiger partial charge in [0.1, 0.15) is 0 Å². The maximum Gasteiger partial charge on any atom is 0.229 e. The Balaban J connectivity index is 1.93. The van der Waals surface area contributed by atoms with Crippen LogP contribution in [-0.2, 0) is 4.79 Å². The van der Waals surface area contributed by atoms with E-state index in [9.17, 15) is 4.79 Å². The zero-order valence-corrected chi connectivity index (χ0v) is 12.7. The normalized spacial score (nSPS) is 32.5. The van der Waals surface area contributed by atoms with E-state index in [0.29, 0.717) is 11.8 Å². The van der Waals surface area contributed by atoms with Crippen LogP contribution in [0.5, 0.6) is 0 Å². The van der Waals surface area contributed by atoms with Crippen LogP contribution in [-0.4, -0.2) is 62.5 Å². The molecule has 2 saturated heterocycles. The Morgan fingerprint density at radius 1 is 1.53 bits per heavy atom. The summed E-state index contributed by atoms with van der Waals surface area (Å²) in [5, 5.41) is 3.41. The van der Waals surface area contributed by atoms with Crippen LogP contribution in [0.4, 0.5) is 0 Å². The highest BCUT2D eigenvalue weighted by molar-refractivity contribution is 5.83. The summed E-state index contributed by atoms with van der Waals surface area (Å²) in [7, 11) is 4.16. The molecule has 0 bridgehead atoms. The van der Waals surface area contributed by atoms with Gasteiger partial charge in [-0.3, -0.25) is 4.79 Å². The van der Waals surface area contributed by atoms with E-state index in [1.165, 1.54) is 13.0 Å². The van der Waals surface area contributed by atoms with Crippen LogP contribution < -0.4 is 5.32 Å². The van der Waals surface area contributed by atoms with Crippen LogP contribution in [0.1, 0.15) is 32.6 Å². The lowest BCUT2D eigenvalue weighted by atomic mass is 9.77. The Kier molecular flexibility index (Phi) is 4.85. The molecule has 2 unspecified atom stereocenters. The first-order valence-corrected chi connectivity index (χ1v) is 7.72. The molecule has 0 aromatic carbocycles. The molecule has 1 amide bonds. The lowest BCUT2D eigenvalue weighted by Crippen LogP contribution is -2.51. The van der Waals surface area contributed by atoms with Crippen molar-refractivity contribution in [2.45, 2.75) is 32.6 Å². The van der Waals surface area contributed by atoms with Crippen molar-refractivity contribution >= 4 is 5.91 Å². The number of piperidine rings is 1. The Hall–Kier alpha value is -0.610. The van der Waals surface area contributed by atoms with Gasteiger partial charge in [0.05, 0.1) is 5.41 Å². The Morgan fingerprint density at radius 2 is 2.32 bits per heavy atom. The third-order valence-electron chi connectivity index (χ3n) is 4.97. The molecular formula is C15H29N3O. The van der Waals surface area contributed by atoms with Gasteiger partial charge in [-0.1, -0.05) is 6.92 Å². The standard InChI is InChI=1S/C15H29N3O/c1-4-15(7-5-8-16-12-15)14(19)18(3)11-13-6-9-17(2)10-13/h13,16H,4-12H2,1-3H3. The van der Waals surface area contributed by atoms with Crippen molar-refractivity contribution in [3.8, 4) is 0 Å². The largest absolute Gasteiger partial charge is 0.345 e. The van der Waals surface area contributed by atoms with Gasteiger partial charge in [0.15, 0.2) is 0 Å². The summed E-state index contributed by atoms with van der Waals surface area (Å²) in [6, 6.07) is 0. The Bertz CT molecular complexity index is 313. The predicted molar refractivity (Wildman–Crippen MR) is 78.1 cm³/mol. The maximum absolute atomic E-state index is 12.8. The van der Waals surface area contributed by atoms with Gasteiger partial charge < -0.3 is 15.1 Å². The fourth-order valence-corrected chi connectivity index (χ4v) is 3.65. The second kappa shape index (κ2) is 6.23. The lowest BCUT2D eigenvalue weighted by Gasteiger charge is -2.39. The first-order chi connectivity index (χ1) is 9.07. The van der Waals surface area contributed by atoms with Crippen molar-refractivity contribution in [1.82, 2.24) is 15.1 Å². The van der Waals surface area contributed by atoms with Crippen LogP contribution in [0.2, 0.25) is 0 Å². The van der Waals surface area contributed by atoms with Gasteiger partial charge in [-0.25, -0.2) is 0 Å². The molecule has 0 spiro atoms. The molecule has 2 aliphatic heterocycles. The average molecular weight is 267 g/mol. The molecule has 110 valence electrons. The summed E-state index contributed by atoms with van der Waals surface area (Å²) in [6.45, 7) is 7.30. The van der Waals surface area contributed by atoms with Gasteiger partial charge in [0, 0.05) is 26.7 Å². The molecule has 1 N–H and O–H groups in total. The fraction of sp³-hybridized carbons (Fsp3) is 0.933. The molecular weight excluding hydrogens is 238 g/mol. The van der Waals surface area contributed by atoms with Crippen LogP contribution in [0.3, 0.4) is 0 Å². The fourth-order valence-electron chi connectivity index (χ4n) is 3.65. The zero-order valence-electron chi connectivity index (χ0n) is 12.7. The molecule has 2 aliphatic rings. The summed E-state index contributed by atoms with van der Waals surface area (Å²) < 4.78 is 0. The number of likely N-dealkylation sites (tertiary alicyclic amines) is 1. The predicted octanol–water partition coefficient (Wildman–Crippen LogP) is 1.18. The molecule has 0 radical (unpaired) electrons. The van der Waals surface area contributed by atoms with E-state index >= 15 is 0 Å². The summed E-state index contributed by atoms with van der Waals surface area (Å²) in [5.41, 5.74) is -0.141. The summed E-state index contributed by atoms with van der Waals surface area (Å²) in [6.07, 6.45) is 4.35. The molecule has 4 heteroatoms. The number of carbonyl (C=O) groups excluding carboxylic acids is 1. The molecule has 0 aromatic rings. The minimum atomic E-state index is -0.141. The molecule has 2 fully saturated rings. The molecule has 2 atom stereocenters. The molecule has 0 aromatic heterocycles. The van der Waals surface area contributed by atoms with E-state index < -0.39 is 0 Å². The van der Waals surface area contributed by atoms with Crippen molar-refractivity contribution in [3.63, 3.8) is 0 Å². The number of rotatable bonds is 4. The van der Waals surface area contributed by atoms with E-state index in [1.54, 1.807) is 0 Å². The highest BCUT2D eigenvalue weighted by atomic mass is 16.2. The van der Waals surface area contributed by atoms with Crippen molar-refractivity contribution in [1.29, 1.82) is 0 Å². The van der Waals surface area contributed by atoms with E-state index in [-0.39, 0.29) is 5.41 Å². The summed E-state index contributed by atoms with van der Waals surface area (Å²) >= 11 is 0. The van der Waals surface area contributed by atoms with Crippen LogP contribution >= 0.6 is 0 Å². The van der Waals surface area contributed by atoms with E-state index in [4.69, 9.17) is 0 Å². The number of nitrogens with zero attached hydrogens (tertiary/aromatic N) is 2. The van der Waals surface area contributed by atoms with Crippen molar-refractivity contribution < 1.29 is 4.79 Å². The minimum Gasteiger partial charge on any atom is -0.345 e. The minimum absolute atomic E-state index is 0.141. The quantitative estimate of drug-likeness (QED) is 0.831. The third kappa shape index (κ3) is 3.29. The SMILES string of the molecule is CCC1(C(=O)N(C)CC2CCN(C)C2)CCCNC1. The van der Waals surface area contributed by atoms with E-state index in [1.807, 2.05) is 11.9 Å². The molecule has 0 aliphatic carbocycles. The summed E-state index contributed by atoms with van der Waals surface area (Å²) in [5.74, 6) is 1.01. The number of hydrogen-bond acceptors (Lipinski definition) is 3. The number of nitrogens with one attached hydrogen (secondary N) is 1. The van der Waals surface area contributed by atoms with Gasteiger partial charge in [-0.15, -0.1) is 0 Å². The lowest BCUT2D eigenvalue weighted by molar-refractivity contribution is -0.142. The van der Waals surface area contributed by atoms with Gasteiger partial charge in [0.25, 0.3) is 0 Å². The second-order valence-corrected chi connectivity index (χ2v) is 6.52.